The standard InChI is InChI=1S/C10H18N2S/c11-7-1-3-9-5-6-10(13-9)4-2-8-12/h5-6H,1-4,7-8,11-12H2. The first kappa shape index (κ1) is 10.7. The summed E-state index contributed by atoms with van der Waals surface area (Å²) in [7, 11) is 0. The molecule has 0 amide bonds. The highest BCUT2D eigenvalue weighted by Crippen LogP contribution is 2.18. The molecular formula is C10H18N2S. The predicted molar refractivity (Wildman–Crippen MR) is 59.1 cm³/mol. The monoisotopic (exact) mass is 198 g/mol. The number of rotatable bonds is 6. The Morgan fingerprint density at radius 2 is 1.38 bits per heavy atom. The molecule has 1 aromatic rings. The van der Waals surface area contributed by atoms with Crippen molar-refractivity contribution in [3.63, 3.8) is 0 Å². The molecule has 13 heavy (non-hydrogen) atoms. The van der Waals surface area contributed by atoms with E-state index < -0.39 is 0 Å². The molecule has 0 radical (unpaired) electrons. The van der Waals surface area contributed by atoms with Gasteiger partial charge in [-0.15, -0.1) is 11.3 Å². The zero-order valence-corrected chi connectivity index (χ0v) is 8.78. The number of aryl methyl sites for hydroxylation is 2. The zero-order valence-electron chi connectivity index (χ0n) is 7.96. The van der Waals surface area contributed by atoms with Crippen LogP contribution in [0.2, 0.25) is 0 Å². The van der Waals surface area contributed by atoms with Gasteiger partial charge in [0.25, 0.3) is 0 Å². The maximum absolute atomic E-state index is 5.45. The summed E-state index contributed by atoms with van der Waals surface area (Å²) in [6.45, 7) is 1.58. The summed E-state index contributed by atoms with van der Waals surface area (Å²) in [4.78, 5) is 2.91. The van der Waals surface area contributed by atoms with E-state index in [1.165, 1.54) is 9.75 Å². The molecule has 0 aliphatic heterocycles. The lowest BCUT2D eigenvalue weighted by Gasteiger charge is -1.94. The van der Waals surface area contributed by atoms with Crippen molar-refractivity contribution in [3.8, 4) is 0 Å². The average molecular weight is 198 g/mol. The minimum Gasteiger partial charge on any atom is -0.330 e. The average Bonchev–Trinajstić information content (AvgIpc) is 2.59. The second-order valence-corrected chi connectivity index (χ2v) is 4.41. The molecule has 0 aliphatic carbocycles. The third-order valence-electron chi connectivity index (χ3n) is 1.97. The third kappa shape index (κ3) is 3.89. The second-order valence-electron chi connectivity index (χ2n) is 3.15. The molecule has 1 aromatic heterocycles. The van der Waals surface area contributed by atoms with Crippen LogP contribution < -0.4 is 11.5 Å². The summed E-state index contributed by atoms with van der Waals surface area (Å²) >= 11 is 1.90. The Bertz CT molecular complexity index is 210. The summed E-state index contributed by atoms with van der Waals surface area (Å²) in [5.41, 5.74) is 10.9. The fraction of sp³-hybridized carbons (Fsp3) is 0.600. The zero-order chi connectivity index (χ0) is 9.52. The van der Waals surface area contributed by atoms with Crippen molar-refractivity contribution in [2.45, 2.75) is 25.7 Å². The van der Waals surface area contributed by atoms with Crippen LogP contribution in [0.5, 0.6) is 0 Å². The Kier molecular flexibility index (Phi) is 5.05. The van der Waals surface area contributed by atoms with Crippen molar-refractivity contribution in [1.29, 1.82) is 0 Å². The number of thiophene rings is 1. The minimum absolute atomic E-state index is 0.788. The lowest BCUT2D eigenvalue weighted by atomic mass is 10.2. The van der Waals surface area contributed by atoms with E-state index in [1.807, 2.05) is 11.3 Å². The summed E-state index contributed by atoms with van der Waals surface area (Å²) in [5.74, 6) is 0. The van der Waals surface area contributed by atoms with Gasteiger partial charge in [0.05, 0.1) is 0 Å². The van der Waals surface area contributed by atoms with E-state index in [-0.39, 0.29) is 0 Å². The Morgan fingerprint density at radius 1 is 0.923 bits per heavy atom. The van der Waals surface area contributed by atoms with Crippen molar-refractivity contribution >= 4 is 11.3 Å². The highest BCUT2D eigenvalue weighted by atomic mass is 32.1. The van der Waals surface area contributed by atoms with Gasteiger partial charge in [-0.1, -0.05) is 0 Å². The molecule has 74 valence electrons. The molecule has 0 fully saturated rings. The van der Waals surface area contributed by atoms with Gasteiger partial charge in [0.2, 0.25) is 0 Å². The highest BCUT2D eigenvalue weighted by molar-refractivity contribution is 7.11. The van der Waals surface area contributed by atoms with Crippen LogP contribution in [0.25, 0.3) is 0 Å². The van der Waals surface area contributed by atoms with Crippen molar-refractivity contribution in [2.24, 2.45) is 11.5 Å². The molecule has 0 bridgehead atoms. The fourth-order valence-corrected chi connectivity index (χ4v) is 2.35. The normalized spacial score (nSPS) is 10.6. The Balaban J connectivity index is 2.34. The van der Waals surface area contributed by atoms with Crippen molar-refractivity contribution in [3.05, 3.63) is 21.9 Å². The van der Waals surface area contributed by atoms with E-state index in [2.05, 4.69) is 12.1 Å². The van der Waals surface area contributed by atoms with Crippen molar-refractivity contribution < 1.29 is 0 Å². The summed E-state index contributed by atoms with van der Waals surface area (Å²) in [6.07, 6.45) is 4.45. The van der Waals surface area contributed by atoms with Crippen LogP contribution in [0.3, 0.4) is 0 Å². The van der Waals surface area contributed by atoms with Crippen LogP contribution in [0.15, 0.2) is 12.1 Å². The van der Waals surface area contributed by atoms with Crippen LogP contribution in [0.4, 0.5) is 0 Å². The summed E-state index contributed by atoms with van der Waals surface area (Å²) in [5, 5.41) is 0. The molecule has 4 N–H and O–H groups in total. The van der Waals surface area contributed by atoms with Gasteiger partial charge in [-0.05, 0) is 50.9 Å². The Labute approximate surface area is 83.9 Å². The van der Waals surface area contributed by atoms with Crippen LogP contribution in [0.1, 0.15) is 22.6 Å². The van der Waals surface area contributed by atoms with Crippen LogP contribution >= 0.6 is 11.3 Å². The van der Waals surface area contributed by atoms with E-state index in [0.717, 1.165) is 38.8 Å². The summed E-state index contributed by atoms with van der Waals surface area (Å²) < 4.78 is 0. The third-order valence-corrected chi connectivity index (χ3v) is 3.18. The first-order valence-electron chi connectivity index (χ1n) is 4.84. The van der Waals surface area contributed by atoms with Gasteiger partial charge in [-0.25, -0.2) is 0 Å². The lowest BCUT2D eigenvalue weighted by molar-refractivity contribution is 0.842. The van der Waals surface area contributed by atoms with Gasteiger partial charge in [-0.3, -0.25) is 0 Å². The summed E-state index contributed by atoms with van der Waals surface area (Å²) in [6, 6.07) is 4.43. The van der Waals surface area contributed by atoms with Crippen molar-refractivity contribution in [2.75, 3.05) is 13.1 Å². The molecule has 2 nitrogen and oxygen atoms in total. The molecule has 0 aliphatic rings. The quantitative estimate of drug-likeness (QED) is 0.728. The molecule has 0 saturated heterocycles. The molecule has 0 unspecified atom stereocenters. The van der Waals surface area contributed by atoms with E-state index in [0.29, 0.717) is 0 Å². The fourth-order valence-electron chi connectivity index (χ4n) is 1.24. The van der Waals surface area contributed by atoms with E-state index in [1.54, 1.807) is 0 Å². The topological polar surface area (TPSA) is 52.0 Å². The smallest absolute Gasteiger partial charge is 0.00486 e. The maximum Gasteiger partial charge on any atom is 0.00486 e. The van der Waals surface area contributed by atoms with Crippen LogP contribution in [-0.2, 0) is 12.8 Å². The minimum atomic E-state index is 0.788. The van der Waals surface area contributed by atoms with E-state index in [4.69, 9.17) is 11.5 Å². The Hall–Kier alpha value is -0.380. The number of nitrogens with two attached hydrogens (primary N) is 2. The van der Waals surface area contributed by atoms with Gasteiger partial charge >= 0.3 is 0 Å². The molecule has 0 saturated carbocycles. The van der Waals surface area contributed by atoms with Crippen LogP contribution in [0, 0.1) is 0 Å². The highest BCUT2D eigenvalue weighted by Gasteiger charge is 1.98. The van der Waals surface area contributed by atoms with Gasteiger partial charge in [0, 0.05) is 9.75 Å². The molecule has 0 aromatic carbocycles. The first-order valence-corrected chi connectivity index (χ1v) is 5.66. The molecule has 1 rings (SSSR count). The molecule has 0 spiro atoms. The van der Waals surface area contributed by atoms with E-state index >= 15 is 0 Å². The van der Waals surface area contributed by atoms with Gasteiger partial charge < -0.3 is 11.5 Å². The van der Waals surface area contributed by atoms with Crippen molar-refractivity contribution in [1.82, 2.24) is 0 Å². The lowest BCUT2D eigenvalue weighted by Crippen LogP contribution is -1.99. The first-order chi connectivity index (χ1) is 6.36. The molecule has 0 atom stereocenters. The Morgan fingerprint density at radius 3 is 1.77 bits per heavy atom. The number of hydrogen-bond donors (Lipinski definition) is 2. The molecule has 3 heteroatoms. The predicted octanol–water partition coefficient (Wildman–Crippen LogP) is 1.53. The molecule has 1 heterocycles. The van der Waals surface area contributed by atoms with Gasteiger partial charge in [0.1, 0.15) is 0 Å². The number of hydrogen-bond acceptors (Lipinski definition) is 3. The van der Waals surface area contributed by atoms with Gasteiger partial charge in [-0.2, -0.15) is 0 Å². The molecular weight excluding hydrogens is 180 g/mol. The van der Waals surface area contributed by atoms with E-state index in [9.17, 15) is 0 Å². The second kappa shape index (κ2) is 6.13. The maximum atomic E-state index is 5.45. The van der Waals surface area contributed by atoms with Crippen LogP contribution in [-0.4, -0.2) is 13.1 Å². The SMILES string of the molecule is NCCCc1ccc(CCCN)s1. The van der Waals surface area contributed by atoms with Gasteiger partial charge in [0.15, 0.2) is 0 Å². The largest absolute Gasteiger partial charge is 0.330 e.